The summed E-state index contributed by atoms with van der Waals surface area (Å²) in [5.41, 5.74) is -1.29. The van der Waals surface area contributed by atoms with Crippen LogP contribution in [-0.4, -0.2) is 48.9 Å². The van der Waals surface area contributed by atoms with Crippen LogP contribution in [0.4, 0.5) is 9.93 Å². The Labute approximate surface area is 102 Å². The summed E-state index contributed by atoms with van der Waals surface area (Å²) in [6.45, 7) is 4.87. The van der Waals surface area contributed by atoms with Crippen molar-refractivity contribution in [1.29, 1.82) is 0 Å². The predicted molar refractivity (Wildman–Crippen MR) is 60.8 cm³/mol. The smallest absolute Gasteiger partial charge is 0.329 e. The zero-order valence-corrected chi connectivity index (χ0v) is 10.5. The van der Waals surface area contributed by atoms with Crippen LogP contribution in [0, 0.1) is 0 Å². The molecule has 1 rings (SSSR count). The summed E-state index contributed by atoms with van der Waals surface area (Å²) in [6.07, 6.45) is 0. The van der Waals surface area contributed by atoms with Gasteiger partial charge in [0.25, 0.3) is 0 Å². The van der Waals surface area contributed by atoms with E-state index in [0.717, 1.165) is 11.5 Å². The average Bonchev–Trinajstić information content (AvgIpc) is 2.70. The Kier molecular flexibility index (Phi) is 3.94. The van der Waals surface area contributed by atoms with E-state index < -0.39 is 17.5 Å². The molecule has 1 aromatic heterocycles. The third-order valence-electron chi connectivity index (χ3n) is 2.27. The molecule has 1 aromatic rings. The Morgan fingerprint density at radius 2 is 2.18 bits per heavy atom. The second kappa shape index (κ2) is 5.04. The highest BCUT2D eigenvalue weighted by Gasteiger charge is 2.37. The van der Waals surface area contributed by atoms with E-state index in [1.807, 2.05) is 0 Å². The molecule has 0 radical (unpaired) electrons. The summed E-state index contributed by atoms with van der Waals surface area (Å²) in [5.74, 6) is -1.08. The lowest BCUT2D eigenvalue weighted by Crippen LogP contribution is -2.54. The molecule has 0 aromatic carbocycles. The number of urea groups is 1. The summed E-state index contributed by atoms with van der Waals surface area (Å²) >= 11 is 0.920. The number of carboxylic acid groups (broad SMARTS) is 1. The molecule has 2 N–H and O–H groups in total. The van der Waals surface area contributed by atoms with E-state index in [2.05, 4.69) is 20.1 Å². The predicted octanol–water partition coefficient (Wildman–Crippen LogP) is 0.650. The van der Waals surface area contributed by atoms with Gasteiger partial charge in [-0.3, -0.25) is 5.32 Å². The highest BCUT2D eigenvalue weighted by atomic mass is 32.1. The molecule has 0 bridgehead atoms. The third-order valence-corrected chi connectivity index (χ3v) is 2.78. The topological polar surface area (TPSA) is 108 Å². The molecule has 0 aliphatic rings. The minimum atomic E-state index is -1.29. The summed E-state index contributed by atoms with van der Waals surface area (Å²) in [5, 5.41) is 18.6. The summed E-state index contributed by atoms with van der Waals surface area (Å²) < 4.78 is 3.49. The van der Waals surface area contributed by atoms with Gasteiger partial charge in [0.1, 0.15) is 5.54 Å². The summed E-state index contributed by atoms with van der Waals surface area (Å²) in [4.78, 5) is 24.1. The number of aromatic nitrogens is 3. The molecule has 0 saturated heterocycles. The van der Waals surface area contributed by atoms with Crippen molar-refractivity contribution in [2.45, 2.75) is 26.3 Å². The van der Waals surface area contributed by atoms with Crippen molar-refractivity contribution in [3.63, 3.8) is 0 Å². The highest BCUT2D eigenvalue weighted by Crippen LogP contribution is 2.16. The molecular weight excluding hydrogens is 246 g/mol. The number of rotatable bonds is 4. The van der Waals surface area contributed by atoms with E-state index in [4.69, 9.17) is 5.11 Å². The van der Waals surface area contributed by atoms with Crippen LogP contribution in [0.1, 0.15) is 20.8 Å². The van der Waals surface area contributed by atoms with Crippen molar-refractivity contribution in [2.24, 2.45) is 0 Å². The zero-order valence-electron chi connectivity index (χ0n) is 9.67. The minimum absolute atomic E-state index is 0.231. The van der Waals surface area contributed by atoms with Crippen molar-refractivity contribution in [3.05, 3.63) is 0 Å². The maximum Gasteiger partial charge on any atom is 0.329 e. The average molecular weight is 259 g/mol. The Morgan fingerprint density at radius 3 is 2.59 bits per heavy atom. The molecule has 0 saturated carbocycles. The van der Waals surface area contributed by atoms with E-state index in [0.29, 0.717) is 0 Å². The van der Waals surface area contributed by atoms with Crippen molar-refractivity contribution in [3.8, 4) is 0 Å². The van der Waals surface area contributed by atoms with Crippen LogP contribution in [0.5, 0.6) is 0 Å². The van der Waals surface area contributed by atoms with E-state index in [1.165, 1.54) is 18.7 Å². The number of aliphatic carboxylic acids is 1. The monoisotopic (exact) mass is 259 g/mol. The molecule has 0 aliphatic heterocycles. The van der Waals surface area contributed by atoms with E-state index in [9.17, 15) is 9.59 Å². The van der Waals surface area contributed by atoms with Crippen LogP contribution in [0.15, 0.2) is 0 Å². The van der Waals surface area contributed by atoms with Gasteiger partial charge in [0.05, 0.1) is 0 Å². The standard InChI is InChI=1S/C8H13N5O3S/c1-4-13(8(2,3)5(14)15)7(16)9-6-10-11-12-17-6/h4H2,1-3H3,(H,14,15)(H,9,10,12,16). The summed E-state index contributed by atoms with van der Waals surface area (Å²) in [6, 6.07) is -0.543. The number of anilines is 1. The number of hydrogen-bond donors (Lipinski definition) is 2. The Hall–Kier alpha value is -1.77. The van der Waals surface area contributed by atoms with Gasteiger partial charge in [-0.25, -0.2) is 9.59 Å². The number of likely N-dealkylation sites (N-methyl/N-ethyl adjacent to an activating group) is 1. The van der Waals surface area contributed by atoms with E-state index in [-0.39, 0.29) is 11.7 Å². The number of carbonyl (C=O) groups is 2. The fourth-order valence-corrected chi connectivity index (χ4v) is 1.61. The molecule has 8 nitrogen and oxygen atoms in total. The number of hydrogen-bond acceptors (Lipinski definition) is 6. The van der Waals surface area contributed by atoms with Crippen molar-refractivity contribution < 1.29 is 14.7 Å². The van der Waals surface area contributed by atoms with Gasteiger partial charge in [0.15, 0.2) is 0 Å². The van der Waals surface area contributed by atoms with Crippen LogP contribution in [-0.2, 0) is 4.79 Å². The first kappa shape index (κ1) is 13.3. The van der Waals surface area contributed by atoms with Gasteiger partial charge in [-0.15, -0.1) is 0 Å². The van der Waals surface area contributed by atoms with Gasteiger partial charge < -0.3 is 10.0 Å². The van der Waals surface area contributed by atoms with Gasteiger partial charge in [0, 0.05) is 18.1 Å². The molecule has 17 heavy (non-hydrogen) atoms. The molecule has 1 heterocycles. The van der Waals surface area contributed by atoms with Crippen LogP contribution in [0.25, 0.3) is 0 Å². The lowest BCUT2D eigenvalue weighted by atomic mass is 10.0. The highest BCUT2D eigenvalue weighted by molar-refractivity contribution is 7.09. The van der Waals surface area contributed by atoms with E-state index in [1.54, 1.807) is 6.92 Å². The second-order valence-electron chi connectivity index (χ2n) is 3.71. The van der Waals surface area contributed by atoms with Crippen LogP contribution in [0.3, 0.4) is 0 Å². The van der Waals surface area contributed by atoms with Crippen molar-refractivity contribution in [2.75, 3.05) is 11.9 Å². The Morgan fingerprint density at radius 1 is 1.53 bits per heavy atom. The number of nitrogens with one attached hydrogen (secondary N) is 1. The molecule has 94 valence electrons. The lowest BCUT2D eigenvalue weighted by molar-refractivity contribution is -0.147. The molecule has 0 spiro atoms. The molecule has 0 fully saturated rings. The molecule has 0 atom stereocenters. The van der Waals surface area contributed by atoms with Gasteiger partial charge in [-0.05, 0) is 26.0 Å². The normalized spacial score (nSPS) is 11.0. The van der Waals surface area contributed by atoms with Crippen molar-refractivity contribution in [1.82, 2.24) is 19.7 Å². The van der Waals surface area contributed by atoms with Gasteiger partial charge in [-0.2, -0.15) is 0 Å². The number of carbonyl (C=O) groups excluding carboxylic acids is 1. The van der Waals surface area contributed by atoms with Crippen LogP contribution < -0.4 is 5.32 Å². The second-order valence-corrected chi connectivity index (χ2v) is 4.44. The van der Waals surface area contributed by atoms with Gasteiger partial charge >= 0.3 is 12.0 Å². The fraction of sp³-hybridized carbons (Fsp3) is 0.625. The third kappa shape index (κ3) is 2.87. The van der Waals surface area contributed by atoms with Crippen molar-refractivity contribution >= 4 is 28.7 Å². The first-order valence-electron chi connectivity index (χ1n) is 4.86. The van der Waals surface area contributed by atoms with Crippen LogP contribution >= 0.6 is 11.5 Å². The maximum absolute atomic E-state index is 11.9. The fourth-order valence-electron chi connectivity index (χ4n) is 1.25. The first-order chi connectivity index (χ1) is 7.89. The molecule has 0 aliphatic carbocycles. The Balaban J connectivity index is 2.81. The Bertz CT molecular complexity index is 405. The quantitative estimate of drug-likeness (QED) is 0.821. The number of nitrogens with zero attached hydrogens (tertiary/aromatic N) is 4. The molecule has 9 heteroatoms. The summed E-state index contributed by atoms with van der Waals surface area (Å²) in [7, 11) is 0. The largest absolute Gasteiger partial charge is 0.480 e. The van der Waals surface area contributed by atoms with Gasteiger partial charge in [0.2, 0.25) is 5.13 Å². The molecule has 2 amide bonds. The van der Waals surface area contributed by atoms with E-state index >= 15 is 0 Å². The number of carboxylic acids is 1. The SMILES string of the molecule is CCN(C(=O)Nc1nnns1)C(C)(C)C(=O)O. The lowest BCUT2D eigenvalue weighted by Gasteiger charge is -2.33. The van der Waals surface area contributed by atoms with Gasteiger partial charge in [-0.1, -0.05) is 9.59 Å². The first-order valence-corrected chi connectivity index (χ1v) is 5.64. The number of amides is 2. The zero-order chi connectivity index (χ0) is 13.1. The van der Waals surface area contributed by atoms with Crippen LogP contribution in [0.2, 0.25) is 0 Å². The molecule has 0 unspecified atom stereocenters. The minimum Gasteiger partial charge on any atom is -0.480 e. The maximum atomic E-state index is 11.9. The molecular formula is C8H13N5O3S.